The molecule has 4 rings (SSSR count). The Bertz CT molecular complexity index is 1070. The van der Waals surface area contributed by atoms with Crippen molar-refractivity contribution in [3.63, 3.8) is 0 Å². The van der Waals surface area contributed by atoms with Gasteiger partial charge in [0.15, 0.2) is 0 Å². The first-order chi connectivity index (χ1) is 18.8. The van der Waals surface area contributed by atoms with E-state index in [-0.39, 0.29) is 34.6 Å². The zero-order valence-electron chi connectivity index (χ0n) is 24.5. The highest BCUT2D eigenvalue weighted by Crippen LogP contribution is 2.60. The molecule has 3 heterocycles. The molecule has 9 heteroatoms. The van der Waals surface area contributed by atoms with E-state index in [4.69, 9.17) is 9.84 Å². The van der Waals surface area contributed by atoms with Gasteiger partial charge < -0.3 is 25.4 Å². The van der Waals surface area contributed by atoms with E-state index in [9.17, 15) is 14.4 Å². The van der Waals surface area contributed by atoms with Gasteiger partial charge in [-0.15, -0.1) is 0 Å². The number of likely N-dealkylation sites (tertiary alicyclic amines) is 1. The number of benzene rings is 1. The third-order valence-corrected chi connectivity index (χ3v) is 9.24. The molecule has 3 aliphatic heterocycles. The third kappa shape index (κ3) is 6.41. The molecule has 3 saturated heterocycles. The number of hydrogen-bond donors (Lipinski definition) is 3. The summed E-state index contributed by atoms with van der Waals surface area (Å²) in [5.74, 6) is -1.98. The number of nitrogens with zero attached hydrogens (tertiary/aromatic N) is 1. The Labute approximate surface area is 247 Å². The van der Waals surface area contributed by atoms with E-state index in [1.807, 2.05) is 44.2 Å². The van der Waals surface area contributed by atoms with Crippen LogP contribution in [0, 0.1) is 17.3 Å². The molecule has 0 saturated carbocycles. The van der Waals surface area contributed by atoms with Gasteiger partial charge in [-0.25, -0.2) is 0 Å². The van der Waals surface area contributed by atoms with Crippen LogP contribution >= 0.6 is 15.9 Å². The number of carbonyl (C=O) groups is 3. The fourth-order valence-electron chi connectivity index (χ4n) is 7.39. The molecule has 2 bridgehead atoms. The fraction of sp³-hybridized carbons (Fsp3) is 0.710. The van der Waals surface area contributed by atoms with Crippen LogP contribution < -0.4 is 10.6 Å². The van der Waals surface area contributed by atoms with Crippen LogP contribution in [0.4, 0.5) is 0 Å². The highest BCUT2D eigenvalue weighted by molar-refractivity contribution is 9.09. The number of aliphatic hydroxyl groups excluding tert-OH is 1. The minimum atomic E-state index is -1.06. The largest absolute Gasteiger partial charge is 0.396 e. The molecule has 3 N–H and O–H groups in total. The van der Waals surface area contributed by atoms with E-state index in [1.54, 1.807) is 4.90 Å². The van der Waals surface area contributed by atoms with Gasteiger partial charge in [-0.1, -0.05) is 79.9 Å². The molecule has 0 aliphatic carbocycles. The van der Waals surface area contributed by atoms with Crippen LogP contribution in [0.15, 0.2) is 30.3 Å². The maximum atomic E-state index is 14.1. The van der Waals surface area contributed by atoms with Gasteiger partial charge >= 0.3 is 0 Å². The molecule has 3 fully saturated rings. The number of nitrogens with one attached hydrogen (secondary N) is 2. The summed E-state index contributed by atoms with van der Waals surface area (Å²) < 4.78 is 6.61. The van der Waals surface area contributed by atoms with Gasteiger partial charge in [-0.3, -0.25) is 14.4 Å². The molecule has 1 aromatic rings. The van der Waals surface area contributed by atoms with Crippen molar-refractivity contribution < 1.29 is 24.2 Å². The number of rotatable bonds is 12. The van der Waals surface area contributed by atoms with Gasteiger partial charge in [0.2, 0.25) is 17.7 Å². The maximum Gasteiger partial charge on any atom is 0.246 e. The summed E-state index contributed by atoms with van der Waals surface area (Å²) in [6.45, 7) is 11.4. The normalized spacial score (nSPS) is 29.5. The second-order valence-electron chi connectivity index (χ2n) is 13.6. The standard InChI is InChI=1S/C31H46BrN3O5/c1-29(2,3)19-30(4,5)34-27(38)25-31-17-21(32)24(40-31)22(26(37)33-18-20-13-9-8-10-14-20)23(31)28(39)35(25)15-11-6-7-12-16-36/h8-10,13-14,21-25,36H,6-7,11-12,15-19H2,1-5H3,(H,33,37)(H,34,38)/t21?,22-,23+,24-,25?,31?/m1/s1. The number of amides is 3. The number of unbranched alkanes of at least 4 members (excludes halogenated alkanes) is 3. The van der Waals surface area contributed by atoms with Crippen LogP contribution in [0.25, 0.3) is 0 Å². The molecule has 0 radical (unpaired) electrons. The third-order valence-electron chi connectivity index (χ3n) is 8.39. The molecule has 3 amide bonds. The zero-order valence-corrected chi connectivity index (χ0v) is 26.1. The predicted octanol–water partition coefficient (Wildman–Crippen LogP) is 3.93. The molecule has 0 aromatic heterocycles. The van der Waals surface area contributed by atoms with Gasteiger partial charge in [0.1, 0.15) is 11.6 Å². The van der Waals surface area contributed by atoms with Crippen molar-refractivity contribution in [3.8, 4) is 0 Å². The molecule has 40 heavy (non-hydrogen) atoms. The van der Waals surface area contributed by atoms with E-state index >= 15 is 0 Å². The van der Waals surface area contributed by atoms with E-state index in [1.165, 1.54) is 0 Å². The summed E-state index contributed by atoms with van der Waals surface area (Å²) in [7, 11) is 0. The molecular weight excluding hydrogens is 574 g/mol. The number of halogens is 1. The van der Waals surface area contributed by atoms with Crippen LogP contribution in [0.2, 0.25) is 0 Å². The van der Waals surface area contributed by atoms with Gasteiger partial charge in [0.05, 0.1) is 17.9 Å². The summed E-state index contributed by atoms with van der Waals surface area (Å²) in [6.07, 6.45) is 3.91. The SMILES string of the molecule is CC(C)(C)CC(C)(C)NC(=O)C1N(CCCCCCO)C(=O)[C@@H]2[C@@H](C(=O)NCc3ccccc3)[C@@H]3OC12CC3Br. The first-order valence-electron chi connectivity index (χ1n) is 14.7. The van der Waals surface area contributed by atoms with Crippen molar-refractivity contribution in [1.82, 2.24) is 15.5 Å². The average Bonchev–Trinajstić information content (AvgIpc) is 3.44. The van der Waals surface area contributed by atoms with E-state index in [0.717, 1.165) is 31.2 Å². The highest BCUT2D eigenvalue weighted by Gasteiger charge is 2.76. The van der Waals surface area contributed by atoms with Crippen LogP contribution in [-0.2, 0) is 25.7 Å². The zero-order chi connectivity index (χ0) is 29.3. The van der Waals surface area contributed by atoms with Gasteiger partial charge in [-0.2, -0.15) is 0 Å². The molecule has 3 aliphatic rings. The van der Waals surface area contributed by atoms with Crippen LogP contribution in [-0.4, -0.2) is 69.0 Å². The minimum Gasteiger partial charge on any atom is -0.396 e. The summed E-state index contributed by atoms with van der Waals surface area (Å²) >= 11 is 3.74. The lowest BCUT2D eigenvalue weighted by Gasteiger charge is -2.38. The van der Waals surface area contributed by atoms with Crippen LogP contribution in [0.3, 0.4) is 0 Å². The van der Waals surface area contributed by atoms with Crippen molar-refractivity contribution in [1.29, 1.82) is 0 Å². The molecule has 8 nitrogen and oxygen atoms in total. The number of fused-ring (bicyclic) bond motifs is 1. The quantitative estimate of drug-likeness (QED) is 0.243. The van der Waals surface area contributed by atoms with Gasteiger partial charge in [0.25, 0.3) is 0 Å². The Morgan fingerprint density at radius 2 is 1.75 bits per heavy atom. The number of aliphatic hydroxyl groups is 1. The molecule has 3 unspecified atom stereocenters. The first-order valence-corrected chi connectivity index (χ1v) is 15.6. The Morgan fingerprint density at radius 1 is 1.07 bits per heavy atom. The molecule has 222 valence electrons. The second-order valence-corrected chi connectivity index (χ2v) is 14.8. The fourth-order valence-corrected chi connectivity index (χ4v) is 8.34. The van der Waals surface area contributed by atoms with Crippen molar-refractivity contribution in [2.75, 3.05) is 13.2 Å². The highest BCUT2D eigenvalue weighted by atomic mass is 79.9. The Kier molecular flexibility index (Phi) is 9.37. The topological polar surface area (TPSA) is 108 Å². The number of alkyl halides is 1. The Hall–Kier alpha value is -1.97. The molecule has 1 aromatic carbocycles. The van der Waals surface area contributed by atoms with Crippen LogP contribution in [0.5, 0.6) is 0 Å². The summed E-state index contributed by atoms with van der Waals surface area (Å²) in [5.41, 5.74) is -0.569. The smallest absolute Gasteiger partial charge is 0.246 e. The average molecular weight is 621 g/mol. The predicted molar refractivity (Wildman–Crippen MR) is 158 cm³/mol. The van der Waals surface area contributed by atoms with E-state index in [0.29, 0.717) is 25.9 Å². The number of ether oxygens (including phenoxy) is 1. The van der Waals surface area contributed by atoms with Crippen molar-refractivity contribution in [3.05, 3.63) is 35.9 Å². The lowest BCUT2D eigenvalue weighted by atomic mass is 9.70. The van der Waals surface area contributed by atoms with E-state index < -0.39 is 35.1 Å². The van der Waals surface area contributed by atoms with Crippen molar-refractivity contribution in [2.45, 2.75) is 108 Å². The molecular formula is C31H46BrN3O5. The van der Waals surface area contributed by atoms with E-state index in [2.05, 4.69) is 47.3 Å². The number of carbonyl (C=O) groups excluding carboxylic acids is 3. The molecule has 6 atom stereocenters. The maximum absolute atomic E-state index is 14.1. The summed E-state index contributed by atoms with van der Waals surface area (Å²) in [5, 5.41) is 15.4. The lowest BCUT2D eigenvalue weighted by molar-refractivity contribution is -0.143. The van der Waals surface area contributed by atoms with Crippen molar-refractivity contribution in [2.24, 2.45) is 17.3 Å². The van der Waals surface area contributed by atoms with Crippen LogP contribution in [0.1, 0.15) is 78.7 Å². The minimum absolute atomic E-state index is 0.000688. The Morgan fingerprint density at radius 3 is 2.40 bits per heavy atom. The van der Waals surface area contributed by atoms with Gasteiger partial charge in [-0.05, 0) is 50.5 Å². The van der Waals surface area contributed by atoms with Crippen molar-refractivity contribution >= 4 is 33.7 Å². The van der Waals surface area contributed by atoms with Gasteiger partial charge in [0, 0.05) is 30.1 Å². The summed E-state index contributed by atoms with van der Waals surface area (Å²) in [4.78, 5) is 43.4. The number of hydrogen-bond acceptors (Lipinski definition) is 5. The monoisotopic (exact) mass is 619 g/mol. The lowest BCUT2D eigenvalue weighted by Crippen LogP contribution is -2.59. The Balaban J connectivity index is 1.60. The first kappa shape index (κ1) is 31.0. The second kappa shape index (κ2) is 12.1. The molecule has 1 spiro atoms. The summed E-state index contributed by atoms with van der Waals surface area (Å²) in [6, 6.07) is 8.87.